The topological polar surface area (TPSA) is 139 Å². The molecule has 4 aromatic rings. The van der Waals surface area contributed by atoms with Crippen LogP contribution in [0.25, 0.3) is 0 Å². The van der Waals surface area contributed by atoms with Crippen molar-refractivity contribution in [1.29, 1.82) is 0 Å². The molecule has 196 valence electrons. The lowest BCUT2D eigenvalue weighted by molar-refractivity contribution is -0.384. The number of hydrogen-bond acceptors (Lipinski definition) is 6. The zero-order valence-electron chi connectivity index (χ0n) is 20.0. The summed E-state index contributed by atoms with van der Waals surface area (Å²) in [5.41, 5.74) is 1.32. The van der Waals surface area contributed by atoms with Crippen molar-refractivity contribution in [2.24, 2.45) is 0 Å². The largest absolute Gasteiger partial charge is 0.478 e. The Balaban J connectivity index is 1.51. The molecule has 11 heteroatoms. The highest BCUT2D eigenvalue weighted by molar-refractivity contribution is 8.00. The first kappa shape index (κ1) is 27.4. The Morgan fingerprint density at radius 1 is 0.846 bits per heavy atom. The van der Waals surface area contributed by atoms with E-state index in [2.05, 4.69) is 10.6 Å². The number of halogens is 1. The summed E-state index contributed by atoms with van der Waals surface area (Å²) in [5, 5.41) is 25.2. The van der Waals surface area contributed by atoms with Crippen LogP contribution in [0.3, 0.4) is 0 Å². The third-order valence-electron chi connectivity index (χ3n) is 5.50. The number of rotatable bonds is 9. The fraction of sp³-hybridized carbons (Fsp3) is 0.0357. The van der Waals surface area contributed by atoms with Crippen LogP contribution in [-0.2, 0) is 4.79 Å². The molecule has 4 rings (SSSR count). The van der Waals surface area contributed by atoms with Crippen molar-refractivity contribution < 1.29 is 24.4 Å². The second-order valence-corrected chi connectivity index (χ2v) is 9.77. The fourth-order valence-electron chi connectivity index (χ4n) is 3.57. The van der Waals surface area contributed by atoms with E-state index in [9.17, 15) is 29.6 Å². The van der Waals surface area contributed by atoms with Gasteiger partial charge in [-0.2, -0.15) is 0 Å². The van der Waals surface area contributed by atoms with Gasteiger partial charge >= 0.3 is 5.97 Å². The monoisotopic (exact) mass is 561 g/mol. The van der Waals surface area contributed by atoms with Crippen molar-refractivity contribution in [3.05, 3.63) is 129 Å². The number of amides is 2. The van der Waals surface area contributed by atoms with Gasteiger partial charge in [-0.05, 0) is 54.1 Å². The quantitative estimate of drug-likeness (QED) is 0.118. The van der Waals surface area contributed by atoms with Crippen LogP contribution in [0.1, 0.15) is 31.5 Å². The van der Waals surface area contributed by atoms with Crippen molar-refractivity contribution >= 4 is 58.2 Å². The van der Waals surface area contributed by atoms with Crippen LogP contribution in [0.5, 0.6) is 0 Å². The van der Waals surface area contributed by atoms with Gasteiger partial charge in [0.05, 0.1) is 21.2 Å². The third-order valence-corrected chi connectivity index (χ3v) is 7.09. The number of aromatic carboxylic acids is 1. The number of anilines is 2. The Morgan fingerprint density at radius 3 is 2.23 bits per heavy atom. The van der Waals surface area contributed by atoms with E-state index >= 15 is 0 Å². The number of hydrogen-bond donors (Lipinski definition) is 3. The highest BCUT2D eigenvalue weighted by Crippen LogP contribution is 2.37. The molecular weight excluding hydrogens is 542 g/mol. The van der Waals surface area contributed by atoms with E-state index in [1.807, 2.05) is 6.07 Å². The molecule has 4 aromatic carbocycles. The molecule has 2 amide bonds. The molecule has 39 heavy (non-hydrogen) atoms. The summed E-state index contributed by atoms with van der Waals surface area (Å²) in [7, 11) is 0. The molecule has 1 atom stereocenters. The summed E-state index contributed by atoms with van der Waals surface area (Å²) in [6.45, 7) is 0. The minimum atomic E-state index is -1.14. The van der Waals surface area contributed by atoms with Gasteiger partial charge in [-0.25, -0.2) is 4.79 Å². The molecule has 0 aliphatic rings. The molecule has 3 N–H and O–H groups in total. The molecule has 9 nitrogen and oxygen atoms in total. The van der Waals surface area contributed by atoms with Crippen molar-refractivity contribution in [3.63, 3.8) is 0 Å². The van der Waals surface area contributed by atoms with Gasteiger partial charge in [-0.3, -0.25) is 19.7 Å². The molecule has 0 fully saturated rings. The molecule has 0 saturated carbocycles. The number of nitrogens with zero attached hydrogens (tertiary/aromatic N) is 1. The maximum absolute atomic E-state index is 13.4. The van der Waals surface area contributed by atoms with Gasteiger partial charge in [0.15, 0.2) is 0 Å². The van der Waals surface area contributed by atoms with Crippen LogP contribution in [0.4, 0.5) is 17.1 Å². The summed E-state index contributed by atoms with van der Waals surface area (Å²) >= 11 is 7.46. The standard InChI is InChI=1S/C28H20ClN3O6S/c29-23-14-9-19(28(35)36)16-24(23)31-27(34)25(17-5-2-1-3-6-17)39-22-12-10-20(11-13-22)30-26(33)18-7-4-8-21(15-18)32(37)38/h1-16,25H,(H,30,33)(H,31,34)(H,35,36). The number of carboxylic acid groups (broad SMARTS) is 1. The molecule has 0 aromatic heterocycles. The van der Waals surface area contributed by atoms with Crippen molar-refractivity contribution in [2.45, 2.75) is 10.1 Å². The number of nitro benzene ring substituents is 1. The first-order chi connectivity index (χ1) is 18.7. The first-order valence-corrected chi connectivity index (χ1v) is 12.7. The van der Waals surface area contributed by atoms with E-state index in [1.54, 1.807) is 48.5 Å². The van der Waals surface area contributed by atoms with E-state index in [0.29, 0.717) is 11.3 Å². The number of carbonyl (C=O) groups is 3. The van der Waals surface area contributed by atoms with Crippen LogP contribution in [0, 0.1) is 10.1 Å². The van der Waals surface area contributed by atoms with Crippen LogP contribution in [-0.4, -0.2) is 27.8 Å². The summed E-state index contributed by atoms with van der Waals surface area (Å²) in [6.07, 6.45) is 0. The van der Waals surface area contributed by atoms with Crippen molar-refractivity contribution in [3.8, 4) is 0 Å². The lowest BCUT2D eigenvalue weighted by Gasteiger charge is -2.18. The highest BCUT2D eigenvalue weighted by atomic mass is 35.5. The zero-order chi connectivity index (χ0) is 27.9. The second-order valence-electron chi connectivity index (χ2n) is 8.18. The minimum Gasteiger partial charge on any atom is -0.478 e. The Labute approximate surface area is 232 Å². The predicted molar refractivity (Wildman–Crippen MR) is 150 cm³/mol. The van der Waals surface area contributed by atoms with E-state index in [0.717, 1.165) is 4.90 Å². The second kappa shape index (κ2) is 12.2. The normalized spacial score (nSPS) is 11.3. The Morgan fingerprint density at radius 2 is 1.56 bits per heavy atom. The Kier molecular flexibility index (Phi) is 8.60. The number of benzene rings is 4. The van der Waals surface area contributed by atoms with Gasteiger partial charge in [0, 0.05) is 28.3 Å². The van der Waals surface area contributed by atoms with Gasteiger partial charge in [0.25, 0.3) is 11.6 Å². The first-order valence-electron chi connectivity index (χ1n) is 11.4. The molecule has 0 heterocycles. The average molecular weight is 562 g/mol. The minimum absolute atomic E-state index is 0.0126. The van der Waals surface area contributed by atoms with Crippen LogP contribution < -0.4 is 10.6 Å². The maximum atomic E-state index is 13.4. The van der Waals surface area contributed by atoms with E-state index in [1.165, 1.54) is 54.2 Å². The summed E-state index contributed by atoms with van der Waals surface area (Å²) < 4.78 is 0. The highest BCUT2D eigenvalue weighted by Gasteiger charge is 2.23. The van der Waals surface area contributed by atoms with E-state index in [-0.39, 0.29) is 27.5 Å². The van der Waals surface area contributed by atoms with Gasteiger partial charge in [0.1, 0.15) is 5.25 Å². The average Bonchev–Trinajstić information content (AvgIpc) is 2.94. The smallest absolute Gasteiger partial charge is 0.335 e. The fourth-order valence-corrected chi connectivity index (χ4v) is 4.76. The van der Waals surface area contributed by atoms with Gasteiger partial charge < -0.3 is 15.7 Å². The lowest BCUT2D eigenvalue weighted by Crippen LogP contribution is -2.19. The molecule has 0 bridgehead atoms. The number of carbonyl (C=O) groups excluding carboxylic acids is 2. The van der Waals surface area contributed by atoms with Crippen LogP contribution >= 0.6 is 23.4 Å². The predicted octanol–water partition coefficient (Wildman–Crippen LogP) is 6.67. The molecule has 0 saturated heterocycles. The van der Waals surface area contributed by atoms with E-state index in [4.69, 9.17) is 11.6 Å². The molecule has 0 aliphatic heterocycles. The summed E-state index contributed by atoms with van der Waals surface area (Å²) in [6, 6.07) is 25.3. The van der Waals surface area contributed by atoms with Crippen molar-refractivity contribution in [1.82, 2.24) is 0 Å². The van der Waals surface area contributed by atoms with Gasteiger partial charge in [-0.15, -0.1) is 11.8 Å². The Hall–Kier alpha value is -4.67. The molecule has 0 spiro atoms. The van der Waals surface area contributed by atoms with E-state index < -0.39 is 28.0 Å². The van der Waals surface area contributed by atoms with Crippen molar-refractivity contribution in [2.75, 3.05) is 10.6 Å². The third kappa shape index (κ3) is 7.01. The molecule has 0 radical (unpaired) electrons. The number of thioether (sulfide) groups is 1. The van der Waals surface area contributed by atoms with Crippen LogP contribution in [0.15, 0.2) is 102 Å². The summed E-state index contributed by atoms with van der Waals surface area (Å²) in [4.78, 5) is 48.4. The number of carboxylic acids is 1. The number of nitrogens with one attached hydrogen (secondary N) is 2. The zero-order valence-corrected chi connectivity index (χ0v) is 21.6. The number of non-ortho nitro benzene ring substituents is 1. The lowest BCUT2D eigenvalue weighted by atomic mass is 10.1. The summed E-state index contributed by atoms with van der Waals surface area (Å²) in [5.74, 6) is -2.05. The van der Waals surface area contributed by atoms with Gasteiger partial charge in [-0.1, -0.05) is 48.0 Å². The number of nitro groups is 1. The van der Waals surface area contributed by atoms with Crippen LogP contribution in [0.2, 0.25) is 5.02 Å². The molecular formula is C28H20ClN3O6S. The molecule has 0 aliphatic carbocycles. The SMILES string of the molecule is O=C(O)c1ccc(Cl)c(NC(=O)C(Sc2ccc(NC(=O)c3cccc([N+](=O)[O-])c3)cc2)c2ccccc2)c1. The van der Waals surface area contributed by atoms with Gasteiger partial charge in [0.2, 0.25) is 5.91 Å². The molecule has 1 unspecified atom stereocenters. The maximum Gasteiger partial charge on any atom is 0.335 e. The Bertz CT molecular complexity index is 1550.